The average molecular weight is 282 g/mol. The molecule has 6 heteroatoms. The lowest BCUT2D eigenvalue weighted by Crippen LogP contribution is -2.06. The van der Waals surface area contributed by atoms with Gasteiger partial charge in [0.2, 0.25) is 0 Å². The van der Waals surface area contributed by atoms with E-state index in [2.05, 4.69) is 23.0 Å². The van der Waals surface area contributed by atoms with Crippen molar-refractivity contribution >= 4 is 39.3 Å². The van der Waals surface area contributed by atoms with Crippen LogP contribution in [0.15, 0.2) is 17.4 Å². The molecule has 0 fully saturated rings. The van der Waals surface area contributed by atoms with Crippen LogP contribution in [0.25, 0.3) is 10.2 Å². The molecule has 0 spiro atoms. The van der Waals surface area contributed by atoms with E-state index in [9.17, 15) is 4.79 Å². The second-order valence-electron chi connectivity index (χ2n) is 3.56. The second kappa shape index (κ2) is 6.15. The Balaban J connectivity index is 2.17. The van der Waals surface area contributed by atoms with Gasteiger partial charge in [-0.25, -0.2) is 9.97 Å². The second-order valence-corrected chi connectivity index (χ2v) is 5.64. The normalized spacial score (nSPS) is 10.8. The zero-order valence-corrected chi connectivity index (χ0v) is 11.9. The van der Waals surface area contributed by atoms with Crippen LogP contribution in [0.4, 0.5) is 0 Å². The number of ether oxygens (including phenoxy) is 1. The van der Waals surface area contributed by atoms with Gasteiger partial charge in [0.05, 0.1) is 12.4 Å². The van der Waals surface area contributed by atoms with Crippen molar-refractivity contribution in [2.75, 3.05) is 12.4 Å². The molecule has 2 aromatic heterocycles. The van der Waals surface area contributed by atoms with E-state index in [0.717, 1.165) is 21.7 Å². The molecule has 0 aliphatic carbocycles. The van der Waals surface area contributed by atoms with Crippen LogP contribution in [-0.2, 0) is 16.0 Å². The number of fused-ring (bicyclic) bond motifs is 1. The van der Waals surface area contributed by atoms with E-state index in [4.69, 9.17) is 4.74 Å². The number of esters is 1. The average Bonchev–Trinajstić information content (AvgIpc) is 2.80. The molecule has 4 nitrogen and oxygen atoms in total. The summed E-state index contributed by atoms with van der Waals surface area (Å²) >= 11 is 3.08. The SMILES string of the molecule is CCOC(=O)CSc1ncnc2sc(CC)cc12. The molecule has 0 bridgehead atoms. The minimum Gasteiger partial charge on any atom is -0.465 e. The first-order valence-corrected chi connectivity index (χ1v) is 7.56. The minimum atomic E-state index is -0.208. The summed E-state index contributed by atoms with van der Waals surface area (Å²) in [6, 6.07) is 2.10. The van der Waals surface area contributed by atoms with Gasteiger partial charge in [0.15, 0.2) is 0 Å². The lowest BCUT2D eigenvalue weighted by atomic mass is 10.3. The first-order valence-electron chi connectivity index (χ1n) is 5.76. The summed E-state index contributed by atoms with van der Waals surface area (Å²) in [5.41, 5.74) is 0. The molecule has 18 heavy (non-hydrogen) atoms. The predicted molar refractivity (Wildman–Crippen MR) is 74.2 cm³/mol. The van der Waals surface area contributed by atoms with E-state index >= 15 is 0 Å². The Morgan fingerprint density at radius 2 is 2.28 bits per heavy atom. The van der Waals surface area contributed by atoms with Gasteiger partial charge < -0.3 is 4.74 Å². The molecule has 2 heterocycles. The fraction of sp³-hybridized carbons (Fsp3) is 0.417. The van der Waals surface area contributed by atoms with E-state index in [-0.39, 0.29) is 11.7 Å². The van der Waals surface area contributed by atoms with Gasteiger partial charge in [-0.15, -0.1) is 11.3 Å². The first kappa shape index (κ1) is 13.3. The van der Waals surface area contributed by atoms with Gasteiger partial charge in [0, 0.05) is 10.3 Å². The van der Waals surface area contributed by atoms with Crippen molar-refractivity contribution in [1.82, 2.24) is 9.97 Å². The summed E-state index contributed by atoms with van der Waals surface area (Å²) in [5, 5.41) is 1.89. The molecule has 96 valence electrons. The number of carbonyl (C=O) groups is 1. The van der Waals surface area contributed by atoms with Gasteiger partial charge in [-0.1, -0.05) is 18.7 Å². The van der Waals surface area contributed by atoms with Crippen molar-refractivity contribution in [3.8, 4) is 0 Å². The lowest BCUT2D eigenvalue weighted by molar-refractivity contribution is -0.139. The van der Waals surface area contributed by atoms with Crippen molar-refractivity contribution in [3.63, 3.8) is 0 Å². The van der Waals surface area contributed by atoms with Gasteiger partial charge >= 0.3 is 5.97 Å². The Morgan fingerprint density at radius 1 is 1.44 bits per heavy atom. The van der Waals surface area contributed by atoms with Gasteiger partial charge in [-0.05, 0) is 19.4 Å². The molecule has 0 atom stereocenters. The third kappa shape index (κ3) is 3.00. The number of hydrogen-bond acceptors (Lipinski definition) is 6. The van der Waals surface area contributed by atoms with E-state index in [0.29, 0.717) is 6.61 Å². The summed E-state index contributed by atoms with van der Waals surface area (Å²) in [7, 11) is 0. The monoisotopic (exact) mass is 282 g/mol. The summed E-state index contributed by atoms with van der Waals surface area (Å²) < 4.78 is 4.90. The maximum atomic E-state index is 11.3. The van der Waals surface area contributed by atoms with Crippen molar-refractivity contribution in [3.05, 3.63) is 17.3 Å². The zero-order valence-electron chi connectivity index (χ0n) is 10.3. The number of hydrogen-bond donors (Lipinski definition) is 0. The van der Waals surface area contributed by atoms with Crippen LogP contribution in [0.2, 0.25) is 0 Å². The van der Waals surface area contributed by atoms with Gasteiger partial charge in [0.1, 0.15) is 16.2 Å². The molecule has 0 aromatic carbocycles. The van der Waals surface area contributed by atoms with Gasteiger partial charge in [0.25, 0.3) is 0 Å². The summed E-state index contributed by atoms with van der Waals surface area (Å²) in [4.78, 5) is 22.1. The predicted octanol–water partition coefficient (Wildman–Crippen LogP) is 2.91. The standard InChI is InChI=1S/C12H14N2O2S2/c1-3-8-5-9-11(13-7-14-12(9)18-8)17-6-10(15)16-4-2/h5,7H,3-4,6H2,1-2H3. The molecule has 0 aliphatic rings. The maximum Gasteiger partial charge on any atom is 0.316 e. The van der Waals surface area contributed by atoms with Gasteiger partial charge in [-0.2, -0.15) is 0 Å². The molecular weight excluding hydrogens is 268 g/mol. The number of aromatic nitrogens is 2. The fourth-order valence-electron chi connectivity index (χ4n) is 1.50. The molecule has 0 saturated carbocycles. The third-order valence-electron chi connectivity index (χ3n) is 2.32. The number of rotatable bonds is 5. The van der Waals surface area contributed by atoms with Crippen LogP contribution in [0.3, 0.4) is 0 Å². The number of thioether (sulfide) groups is 1. The maximum absolute atomic E-state index is 11.3. The number of carbonyl (C=O) groups excluding carboxylic acids is 1. The highest BCUT2D eigenvalue weighted by molar-refractivity contribution is 8.00. The van der Waals surface area contributed by atoms with Gasteiger partial charge in [-0.3, -0.25) is 4.79 Å². The summed E-state index contributed by atoms with van der Waals surface area (Å²) in [6.07, 6.45) is 2.54. The highest BCUT2D eigenvalue weighted by atomic mass is 32.2. The van der Waals surface area contributed by atoms with Crippen LogP contribution >= 0.6 is 23.1 Å². The summed E-state index contributed by atoms with van der Waals surface area (Å²) in [5.74, 6) is 0.0808. The quantitative estimate of drug-likeness (QED) is 0.479. The Bertz CT molecular complexity index is 554. The molecule has 0 aliphatic heterocycles. The van der Waals surface area contributed by atoms with E-state index in [1.807, 2.05) is 0 Å². The smallest absolute Gasteiger partial charge is 0.316 e. The molecule has 0 saturated heterocycles. The number of thiophene rings is 1. The topological polar surface area (TPSA) is 52.1 Å². The van der Waals surface area contributed by atoms with E-state index in [1.165, 1.54) is 16.6 Å². The highest BCUT2D eigenvalue weighted by Crippen LogP contribution is 2.30. The molecule has 0 N–H and O–H groups in total. The Kier molecular flexibility index (Phi) is 4.54. The highest BCUT2D eigenvalue weighted by Gasteiger charge is 2.10. The van der Waals surface area contributed by atoms with Crippen LogP contribution in [0.1, 0.15) is 18.7 Å². The molecule has 0 unspecified atom stereocenters. The van der Waals surface area contributed by atoms with Crippen molar-refractivity contribution < 1.29 is 9.53 Å². The lowest BCUT2D eigenvalue weighted by Gasteiger charge is -2.01. The molecule has 2 rings (SSSR count). The fourth-order valence-corrected chi connectivity index (χ4v) is 3.27. The number of aryl methyl sites for hydroxylation is 1. The zero-order chi connectivity index (χ0) is 13.0. The Labute approximate surface area is 114 Å². The third-order valence-corrected chi connectivity index (χ3v) is 4.49. The van der Waals surface area contributed by atoms with Crippen LogP contribution in [0, 0.1) is 0 Å². The van der Waals surface area contributed by atoms with Crippen molar-refractivity contribution in [1.29, 1.82) is 0 Å². The minimum absolute atomic E-state index is 0.208. The number of nitrogens with zero attached hydrogens (tertiary/aromatic N) is 2. The van der Waals surface area contributed by atoms with Crippen LogP contribution < -0.4 is 0 Å². The molecule has 0 radical (unpaired) electrons. The first-order chi connectivity index (χ1) is 8.74. The summed E-state index contributed by atoms with van der Waals surface area (Å²) in [6.45, 7) is 4.33. The molecular formula is C12H14N2O2S2. The Hall–Kier alpha value is -1.14. The van der Waals surface area contributed by atoms with Crippen LogP contribution in [0.5, 0.6) is 0 Å². The largest absolute Gasteiger partial charge is 0.465 e. The Morgan fingerprint density at radius 3 is 3.00 bits per heavy atom. The van der Waals surface area contributed by atoms with E-state index < -0.39 is 0 Å². The van der Waals surface area contributed by atoms with Crippen molar-refractivity contribution in [2.45, 2.75) is 25.3 Å². The molecule has 2 aromatic rings. The molecule has 0 amide bonds. The van der Waals surface area contributed by atoms with Crippen molar-refractivity contribution in [2.24, 2.45) is 0 Å². The van der Waals surface area contributed by atoms with E-state index in [1.54, 1.807) is 24.6 Å². The van der Waals surface area contributed by atoms with Crippen LogP contribution in [-0.4, -0.2) is 28.3 Å².